The van der Waals surface area contributed by atoms with Gasteiger partial charge in [0.05, 0.1) is 5.69 Å². The van der Waals surface area contributed by atoms with Gasteiger partial charge in [0.1, 0.15) is 0 Å². The summed E-state index contributed by atoms with van der Waals surface area (Å²) in [6.45, 7) is 7.43. The summed E-state index contributed by atoms with van der Waals surface area (Å²) in [6.07, 6.45) is 7.14. The fraction of sp³-hybridized carbons (Fsp3) is 0.579. The Kier molecular flexibility index (Phi) is 6.20. The van der Waals surface area contributed by atoms with E-state index in [1.165, 1.54) is 0 Å². The lowest BCUT2D eigenvalue weighted by Gasteiger charge is -2.32. The molecule has 7 heteroatoms. The molecule has 1 fully saturated rings. The Balaban J connectivity index is 1.38. The summed E-state index contributed by atoms with van der Waals surface area (Å²) < 4.78 is 1.97. The molecule has 1 atom stereocenters. The number of nitrogens with zero attached hydrogens (tertiary/aromatic N) is 5. The second-order valence-electron chi connectivity index (χ2n) is 7.06. The topological polar surface area (TPSA) is 75.9 Å². The third-order valence-electron chi connectivity index (χ3n) is 4.82. The van der Waals surface area contributed by atoms with Gasteiger partial charge >= 0.3 is 0 Å². The Labute approximate surface area is 154 Å². The quantitative estimate of drug-likeness (QED) is 0.822. The molecule has 1 aliphatic rings. The van der Waals surface area contributed by atoms with Gasteiger partial charge in [-0.2, -0.15) is 5.10 Å². The van der Waals surface area contributed by atoms with Crippen LogP contribution in [0.5, 0.6) is 0 Å². The van der Waals surface area contributed by atoms with Crippen LogP contribution in [0.25, 0.3) is 0 Å². The highest BCUT2D eigenvalue weighted by atomic mass is 16.1. The highest BCUT2D eigenvalue weighted by Crippen LogP contribution is 2.19. The summed E-state index contributed by atoms with van der Waals surface area (Å²) in [5.74, 6) is 1.36. The smallest absolute Gasteiger partial charge is 0.225 e. The maximum atomic E-state index is 12.1. The zero-order chi connectivity index (χ0) is 18.4. The van der Waals surface area contributed by atoms with Crippen LogP contribution in [-0.2, 0) is 11.3 Å². The number of amides is 1. The van der Waals surface area contributed by atoms with Gasteiger partial charge in [0, 0.05) is 50.7 Å². The molecule has 3 rings (SSSR count). The van der Waals surface area contributed by atoms with E-state index in [1.807, 2.05) is 24.6 Å². The zero-order valence-corrected chi connectivity index (χ0v) is 15.7. The van der Waals surface area contributed by atoms with E-state index in [0.29, 0.717) is 12.3 Å². The van der Waals surface area contributed by atoms with Crippen LogP contribution in [0.1, 0.15) is 37.1 Å². The number of anilines is 1. The monoisotopic (exact) mass is 356 g/mol. The normalized spacial score (nSPS) is 17.3. The predicted octanol–water partition coefficient (Wildman–Crippen LogP) is 2.10. The summed E-state index contributed by atoms with van der Waals surface area (Å²) in [5.41, 5.74) is 2.17. The fourth-order valence-corrected chi connectivity index (χ4v) is 3.51. The first-order valence-corrected chi connectivity index (χ1v) is 9.41. The van der Waals surface area contributed by atoms with E-state index in [9.17, 15) is 4.79 Å². The molecule has 7 nitrogen and oxygen atoms in total. The average molecular weight is 356 g/mol. The van der Waals surface area contributed by atoms with Crippen molar-refractivity contribution < 1.29 is 4.79 Å². The molecular formula is C19H28N6O. The van der Waals surface area contributed by atoms with Gasteiger partial charge in [-0.25, -0.2) is 9.97 Å². The van der Waals surface area contributed by atoms with E-state index in [0.717, 1.165) is 62.8 Å². The number of hydrogen-bond donors (Lipinski definition) is 1. The van der Waals surface area contributed by atoms with Gasteiger partial charge in [0.25, 0.3) is 0 Å². The van der Waals surface area contributed by atoms with Crippen molar-refractivity contribution in [3.8, 4) is 0 Å². The van der Waals surface area contributed by atoms with Gasteiger partial charge in [-0.15, -0.1) is 0 Å². The average Bonchev–Trinajstić information content (AvgIpc) is 2.98. The number of rotatable bonds is 7. The predicted molar refractivity (Wildman–Crippen MR) is 101 cm³/mol. The van der Waals surface area contributed by atoms with Crippen molar-refractivity contribution in [1.82, 2.24) is 25.1 Å². The lowest BCUT2D eigenvalue weighted by Crippen LogP contribution is -2.41. The molecule has 0 aromatic carbocycles. The Morgan fingerprint density at radius 1 is 1.31 bits per heavy atom. The van der Waals surface area contributed by atoms with Crippen LogP contribution in [0, 0.1) is 19.8 Å². The molecule has 0 unspecified atom stereocenters. The standard InChI is InChI=1S/C19H28N6O/c1-15-12-16(2)25(23-15)11-4-7-18(26)22-13-17-6-3-10-24(14-17)19-20-8-5-9-21-19/h5,8-9,12,17H,3-4,6-7,10-11,13-14H2,1-2H3,(H,22,26)/t17-/m0/s1. The van der Waals surface area contributed by atoms with Crippen molar-refractivity contribution in [2.75, 3.05) is 24.5 Å². The Bertz CT molecular complexity index is 714. The number of hydrogen-bond acceptors (Lipinski definition) is 5. The van der Waals surface area contributed by atoms with E-state index >= 15 is 0 Å². The SMILES string of the molecule is Cc1cc(C)n(CCCC(=O)NC[C@@H]2CCCN(c3ncccn3)C2)n1. The summed E-state index contributed by atoms with van der Waals surface area (Å²) in [7, 11) is 0. The van der Waals surface area contributed by atoms with Crippen molar-refractivity contribution in [3.05, 3.63) is 35.9 Å². The third kappa shape index (κ3) is 5.03. The molecule has 1 aliphatic heterocycles. The largest absolute Gasteiger partial charge is 0.356 e. The number of piperidine rings is 1. The molecule has 2 aromatic rings. The van der Waals surface area contributed by atoms with Gasteiger partial charge in [-0.3, -0.25) is 9.48 Å². The van der Waals surface area contributed by atoms with E-state index in [-0.39, 0.29) is 5.91 Å². The fourth-order valence-electron chi connectivity index (χ4n) is 3.51. The van der Waals surface area contributed by atoms with Gasteiger partial charge in [-0.05, 0) is 51.2 Å². The number of carbonyl (C=O) groups is 1. The van der Waals surface area contributed by atoms with Gasteiger partial charge in [0.15, 0.2) is 0 Å². The second-order valence-corrected chi connectivity index (χ2v) is 7.06. The van der Waals surface area contributed by atoms with E-state index in [4.69, 9.17) is 0 Å². The molecule has 0 aliphatic carbocycles. The molecule has 2 aromatic heterocycles. The number of aryl methyl sites for hydroxylation is 3. The Morgan fingerprint density at radius 2 is 2.12 bits per heavy atom. The second kappa shape index (κ2) is 8.78. The summed E-state index contributed by atoms with van der Waals surface area (Å²) in [6, 6.07) is 3.89. The maximum Gasteiger partial charge on any atom is 0.225 e. The van der Waals surface area contributed by atoms with Crippen LogP contribution in [0.3, 0.4) is 0 Å². The van der Waals surface area contributed by atoms with E-state index in [1.54, 1.807) is 12.4 Å². The minimum atomic E-state index is 0.125. The van der Waals surface area contributed by atoms with Crippen LogP contribution in [0.2, 0.25) is 0 Å². The highest BCUT2D eigenvalue weighted by molar-refractivity contribution is 5.75. The molecule has 1 amide bonds. The summed E-state index contributed by atoms with van der Waals surface area (Å²) in [5, 5.41) is 7.53. The summed E-state index contributed by atoms with van der Waals surface area (Å²) in [4.78, 5) is 23.0. The molecule has 0 saturated carbocycles. The Hall–Kier alpha value is -2.44. The van der Waals surface area contributed by atoms with E-state index < -0.39 is 0 Å². The van der Waals surface area contributed by atoms with E-state index in [2.05, 4.69) is 31.3 Å². The van der Waals surface area contributed by atoms with Crippen LogP contribution < -0.4 is 10.2 Å². The van der Waals surface area contributed by atoms with Crippen molar-refractivity contribution in [2.24, 2.45) is 5.92 Å². The molecule has 0 spiro atoms. The Morgan fingerprint density at radius 3 is 2.85 bits per heavy atom. The van der Waals surface area contributed by atoms with Crippen molar-refractivity contribution in [1.29, 1.82) is 0 Å². The number of aromatic nitrogens is 4. The highest BCUT2D eigenvalue weighted by Gasteiger charge is 2.21. The third-order valence-corrected chi connectivity index (χ3v) is 4.82. The minimum absolute atomic E-state index is 0.125. The zero-order valence-electron chi connectivity index (χ0n) is 15.7. The molecule has 26 heavy (non-hydrogen) atoms. The molecule has 140 valence electrons. The van der Waals surface area contributed by atoms with Crippen LogP contribution in [0.4, 0.5) is 5.95 Å². The number of carbonyl (C=O) groups excluding carboxylic acids is 1. The molecular weight excluding hydrogens is 328 g/mol. The lowest BCUT2D eigenvalue weighted by molar-refractivity contribution is -0.121. The molecule has 1 N–H and O–H groups in total. The van der Waals surface area contributed by atoms with Gasteiger partial charge < -0.3 is 10.2 Å². The maximum absolute atomic E-state index is 12.1. The first kappa shape index (κ1) is 18.4. The molecule has 1 saturated heterocycles. The van der Waals surface area contributed by atoms with Crippen molar-refractivity contribution >= 4 is 11.9 Å². The van der Waals surface area contributed by atoms with Crippen LogP contribution in [0.15, 0.2) is 24.5 Å². The molecule has 0 bridgehead atoms. The van der Waals surface area contributed by atoms with Gasteiger partial charge in [0.2, 0.25) is 11.9 Å². The lowest BCUT2D eigenvalue weighted by atomic mass is 9.98. The van der Waals surface area contributed by atoms with Gasteiger partial charge in [-0.1, -0.05) is 0 Å². The van der Waals surface area contributed by atoms with Crippen LogP contribution in [-0.4, -0.2) is 45.3 Å². The first-order valence-electron chi connectivity index (χ1n) is 9.41. The number of nitrogens with one attached hydrogen (secondary N) is 1. The van der Waals surface area contributed by atoms with Crippen molar-refractivity contribution in [3.63, 3.8) is 0 Å². The first-order chi connectivity index (χ1) is 12.6. The summed E-state index contributed by atoms with van der Waals surface area (Å²) >= 11 is 0. The molecule has 3 heterocycles. The molecule has 0 radical (unpaired) electrons. The van der Waals surface area contributed by atoms with Crippen molar-refractivity contribution in [2.45, 2.75) is 46.1 Å². The minimum Gasteiger partial charge on any atom is -0.356 e. The van der Waals surface area contributed by atoms with Crippen LogP contribution >= 0.6 is 0 Å².